The predicted octanol–water partition coefficient (Wildman–Crippen LogP) is 0.0371. The van der Waals surface area contributed by atoms with Gasteiger partial charge in [-0.3, -0.25) is 0 Å². The van der Waals surface area contributed by atoms with Gasteiger partial charge in [-0.25, -0.2) is 8.42 Å². The fourth-order valence-corrected chi connectivity index (χ4v) is 4.17. The van der Waals surface area contributed by atoms with Crippen molar-refractivity contribution in [1.82, 2.24) is 10.2 Å². The molecule has 17 heavy (non-hydrogen) atoms. The van der Waals surface area contributed by atoms with E-state index in [9.17, 15) is 8.42 Å². The van der Waals surface area contributed by atoms with E-state index < -0.39 is 15.3 Å². The second-order valence-corrected chi connectivity index (χ2v) is 6.98. The van der Waals surface area contributed by atoms with E-state index in [1.54, 1.807) is 0 Å². The molecule has 6 nitrogen and oxygen atoms in total. The maximum atomic E-state index is 11.7. The van der Waals surface area contributed by atoms with E-state index in [2.05, 4.69) is 10.2 Å². The van der Waals surface area contributed by atoms with Gasteiger partial charge in [-0.2, -0.15) is 0 Å². The highest BCUT2D eigenvalue weighted by Crippen LogP contribution is 2.33. The lowest BCUT2D eigenvalue weighted by molar-refractivity contribution is 0.327. The van der Waals surface area contributed by atoms with Crippen molar-refractivity contribution < 1.29 is 12.8 Å². The lowest BCUT2D eigenvalue weighted by Crippen LogP contribution is -2.37. The van der Waals surface area contributed by atoms with Crippen molar-refractivity contribution in [3.05, 3.63) is 11.8 Å². The summed E-state index contributed by atoms with van der Waals surface area (Å²) >= 11 is 0. The first-order valence-electron chi connectivity index (χ1n) is 5.69. The quantitative estimate of drug-likeness (QED) is 0.822. The molecule has 0 spiro atoms. The molecular formula is C10H17N3O3S. The Morgan fingerprint density at radius 1 is 1.47 bits per heavy atom. The zero-order valence-electron chi connectivity index (χ0n) is 9.85. The van der Waals surface area contributed by atoms with Crippen LogP contribution in [0.4, 0.5) is 0 Å². The van der Waals surface area contributed by atoms with Crippen LogP contribution in [0.25, 0.3) is 0 Å². The Kier molecular flexibility index (Phi) is 3.22. The van der Waals surface area contributed by atoms with Crippen LogP contribution in [0.3, 0.4) is 0 Å². The van der Waals surface area contributed by atoms with Gasteiger partial charge in [-0.05, 0) is 19.8 Å². The van der Waals surface area contributed by atoms with Gasteiger partial charge in [0.05, 0.1) is 16.9 Å². The van der Waals surface area contributed by atoms with Crippen molar-refractivity contribution in [2.75, 3.05) is 18.1 Å². The number of sulfone groups is 1. The van der Waals surface area contributed by atoms with Crippen LogP contribution in [0.5, 0.6) is 0 Å². The van der Waals surface area contributed by atoms with E-state index in [4.69, 9.17) is 10.2 Å². The molecule has 0 saturated carbocycles. The van der Waals surface area contributed by atoms with Crippen LogP contribution in [0.1, 0.15) is 31.5 Å². The highest BCUT2D eigenvalue weighted by Gasteiger charge is 2.40. The fraction of sp³-hybridized carbons (Fsp3) is 0.800. The lowest BCUT2D eigenvalue weighted by atomic mass is 9.87. The molecule has 1 aromatic rings. The minimum absolute atomic E-state index is 0.0876. The van der Waals surface area contributed by atoms with Crippen molar-refractivity contribution >= 4 is 9.84 Å². The first-order valence-corrected chi connectivity index (χ1v) is 7.51. The minimum atomic E-state index is -2.99. The van der Waals surface area contributed by atoms with Crippen molar-refractivity contribution in [3.63, 3.8) is 0 Å². The molecule has 1 unspecified atom stereocenters. The molecule has 1 aromatic heterocycles. The van der Waals surface area contributed by atoms with Gasteiger partial charge in [0.25, 0.3) is 0 Å². The zero-order valence-corrected chi connectivity index (χ0v) is 10.7. The summed E-state index contributed by atoms with van der Waals surface area (Å²) < 4.78 is 28.8. The molecule has 2 heterocycles. The van der Waals surface area contributed by atoms with Crippen LogP contribution in [0, 0.1) is 0 Å². The fourth-order valence-electron chi connectivity index (χ4n) is 2.20. The van der Waals surface area contributed by atoms with Gasteiger partial charge in [0, 0.05) is 13.0 Å². The monoisotopic (exact) mass is 259 g/mol. The number of rotatable bonds is 3. The molecule has 1 fully saturated rings. The summed E-state index contributed by atoms with van der Waals surface area (Å²) in [6.07, 6.45) is 1.93. The highest BCUT2D eigenvalue weighted by molar-refractivity contribution is 7.91. The molecule has 2 N–H and O–H groups in total. The van der Waals surface area contributed by atoms with Gasteiger partial charge < -0.3 is 10.2 Å². The Morgan fingerprint density at radius 3 is 2.88 bits per heavy atom. The van der Waals surface area contributed by atoms with Crippen LogP contribution in [-0.4, -0.2) is 36.7 Å². The molecule has 0 radical (unpaired) electrons. The largest absolute Gasteiger partial charge is 0.425 e. The molecule has 0 bridgehead atoms. The average Bonchev–Trinajstić information content (AvgIpc) is 2.65. The molecule has 1 atom stereocenters. The number of hydrogen-bond donors (Lipinski definition) is 1. The van der Waals surface area contributed by atoms with E-state index in [0.717, 1.165) is 6.42 Å². The van der Waals surface area contributed by atoms with Crippen molar-refractivity contribution in [2.24, 2.45) is 5.73 Å². The molecule has 1 saturated heterocycles. The predicted molar refractivity (Wildman–Crippen MR) is 62.3 cm³/mol. The first kappa shape index (κ1) is 12.5. The number of nitrogens with zero attached hydrogens (tertiary/aromatic N) is 2. The minimum Gasteiger partial charge on any atom is -0.425 e. The highest BCUT2D eigenvalue weighted by atomic mass is 32.2. The molecule has 96 valence electrons. The Bertz CT molecular complexity index is 497. The van der Waals surface area contributed by atoms with Crippen molar-refractivity contribution in [2.45, 2.75) is 31.6 Å². The van der Waals surface area contributed by atoms with Gasteiger partial charge >= 0.3 is 0 Å². The van der Waals surface area contributed by atoms with Crippen LogP contribution in [0.2, 0.25) is 0 Å². The Hall–Kier alpha value is -0.950. The summed E-state index contributed by atoms with van der Waals surface area (Å²) in [5.41, 5.74) is 4.86. The second-order valence-electron chi connectivity index (χ2n) is 4.80. The summed E-state index contributed by atoms with van der Waals surface area (Å²) in [7, 11) is -2.99. The summed E-state index contributed by atoms with van der Waals surface area (Å²) in [5.74, 6) is 1.24. The third kappa shape index (κ3) is 2.66. The third-order valence-corrected chi connectivity index (χ3v) is 5.05. The van der Waals surface area contributed by atoms with E-state index in [1.165, 1.54) is 0 Å². The Balaban J connectivity index is 2.24. The summed E-state index contributed by atoms with van der Waals surface area (Å²) in [4.78, 5) is 0. The van der Waals surface area contributed by atoms with Crippen LogP contribution in [-0.2, 0) is 21.7 Å². The molecule has 2 rings (SSSR count). The number of aromatic nitrogens is 2. The van der Waals surface area contributed by atoms with Crippen LogP contribution >= 0.6 is 0 Å². The van der Waals surface area contributed by atoms with E-state index in [1.807, 2.05) is 6.92 Å². The molecular weight excluding hydrogens is 242 g/mol. The number of nitrogens with two attached hydrogens (primary N) is 1. The molecule has 0 aromatic carbocycles. The standard InChI is InChI=1S/C10H17N3O3S/c1-10(4-2-6-17(14,15)7-10)9-13-12-8(16-9)3-5-11/h2-7,11H2,1H3. The Morgan fingerprint density at radius 2 is 2.24 bits per heavy atom. The van der Waals surface area contributed by atoms with E-state index in [0.29, 0.717) is 31.2 Å². The molecule has 0 aliphatic carbocycles. The SMILES string of the molecule is CC1(c2nnc(CCN)o2)CCCS(=O)(=O)C1. The molecule has 7 heteroatoms. The lowest BCUT2D eigenvalue weighted by Gasteiger charge is -2.29. The molecule has 0 amide bonds. The van der Waals surface area contributed by atoms with Crippen LogP contribution in [0.15, 0.2) is 4.42 Å². The third-order valence-electron chi connectivity index (χ3n) is 3.06. The molecule has 1 aliphatic heterocycles. The van der Waals surface area contributed by atoms with Crippen LogP contribution < -0.4 is 5.73 Å². The van der Waals surface area contributed by atoms with Gasteiger partial charge in [-0.1, -0.05) is 0 Å². The maximum absolute atomic E-state index is 11.7. The van der Waals surface area contributed by atoms with Crippen molar-refractivity contribution in [3.8, 4) is 0 Å². The van der Waals surface area contributed by atoms with Gasteiger partial charge in [0.15, 0.2) is 9.84 Å². The van der Waals surface area contributed by atoms with Gasteiger partial charge in [-0.15, -0.1) is 10.2 Å². The Labute approximate surface area is 101 Å². The maximum Gasteiger partial charge on any atom is 0.223 e. The average molecular weight is 259 g/mol. The normalized spacial score (nSPS) is 28.1. The van der Waals surface area contributed by atoms with Gasteiger partial charge in [0.1, 0.15) is 0 Å². The summed E-state index contributed by atoms with van der Waals surface area (Å²) in [5, 5.41) is 7.84. The summed E-state index contributed by atoms with van der Waals surface area (Å²) in [6, 6.07) is 0. The number of hydrogen-bond acceptors (Lipinski definition) is 6. The summed E-state index contributed by atoms with van der Waals surface area (Å²) in [6.45, 7) is 2.31. The smallest absolute Gasteiger partial charge is 0.223 e. The second kappa shape index (κ2) is 4.38. The molecule has 1 aliphatic rings. The van der Waals surface area contributed by atoms with E-state index >= 15 is 0 Å². The van der Waals surface area contributed by atoms with E-state index in [-0.39, 0.29) is 11.5 Å². The zero-order chi connectivity index (χ0) is 12.5. The first-order chi connectivity index (χ1) is 7.95. The topological polar surface area (TPSA) is 99.1 Å². The van der Waals surface area contributed by atoms with Gasteiger partial charge in [0.2, 0.25) is 11.8 Å². The van der Waals surface area contributed by atoms with Crippen molar-refractivity contribution in [1.29, 1.82) is 0 Å².